The third-order valence-corrected chi connectivity index (χ3v) is 7.71. The number of fused-ring (bicyclic) bond motifs is 1. The first kappa shape index (κ1) is 20.7. The van der Waals surface area contributed by atoms with Crippen molar-refractivity contribution in [2.24, 2.45) is 10.4 Å². The van der Waals surface area contributed by atoms with E-state index in [1.807, 2.05) is 41.4 Å². The van der Waals surface area contributed by atoms with Gasteiger partial charge in [-0.15, -0.1) is 0 Å². The normalized spacial score (nSPS) is 20.8. The van der Waals surface area contributed by atoms with Crippen LogP contribution in [0.3, 0.4) is 0 Å². The van der Waals surface area contributed by atoms with Gasteiger partial charge in [-0.2, -0.15) is 0 Å². The van der Waals surface area contributed by atoms with Gasteiger partial charge < -0.3 is 4.74 Å². The van der Waals surface area contributed by atoms with E-state index >= 15 is 0 Å². The summed E-state index contributed by atoms with van der Waals surface area (Å²) >= 11 is 3.55. The number of likely N-dealkylation sites (tertiary alicyclic amines) is 1. The number of benzene rings is 3. The molecular formula is C28H25BrN2O2. The summed E-state index contributed by atoms with van der Waals surface area (Å²) in [6.45, 7) is 1.09. The van der Waals surface area contributed by atoms with Crippen LogP contribution in [0.2, 0.25) is 0 Å². The minimum atomic E-state index is -0.222. The van der Waals surface area contributed by atoms with Crippen molar-refractivity contribution in [3.05, 3.63) is 88.5 Å². The lowest BCUT2D eigenvalue weighted by Crippen LogP contribution is -2.40. The van der Waals surface area contributed by atoms with E-state index in [-0.39, 0.29) is 17.6 Å². The van der Waals surface area contributed by atoms with E-state index in [0.29, 0.717) is 6.61 Å². The molecule has 3 aliphatic rings. The van der Waals surface area contributed by atoms with Gasteiger partial charge in [0.05, 0.1) is 6.04 Å². The van der Waals surface area contributed by atoms with E-state index in [9.17, 15) is 4.79 Å². The molecule has 33 heavy (non-hydrogen) atoms. The van der Waals surface area contributed by atoms with E-state index in [4.69, 9.17) is 9.73 Å². The van der Waals surface area contributed by atoms with Gasteiger partial charge in [0.25, 0.3) is 0 Å². The van der Waals surface area contributed by atoms with E-state index in [0.717, 1.165) is 35.1 Å². The van der Waals surface area contributed by atoms with Crippen LogP contribution in [0.1, 0.15) is 36.8 Å². The Morgan fingerprint density at radius 2 is 1.85 bits per heavy atom. The lowest BCUT2D eigenvalue weighted by molar-refractivity contribution is 0.0977. The van der Waals surface area contributed by atoms with Crippen molar-refractivity contribution in [2.45, 2.75) is 38.3 Å². The Kier molecular flexibility index (Phi) is 5.10. The van der Waals surface area contributed by atoms with Crippen LogP contribution in [-0.2, 0) is 11.3 Å². The van der Waals surface area contributed by atoms with Crippen molar-refractivity contribution in [3.63, 3.8) is 0 Å². The summed E-state index contributed by atoms with van der Waals surface area (Å²) in [6, 6.07) is 22.8. The Labute approximate surface area is 202 Å². The number of nitrogens with zero attached hydrogens (tertiary/aromatic N) is 2. The largest absolute Gasteiger partial charge is 0.445 e. The van der Waals surface area contributed by atoms with Gasteiger partial charge in [0.1, 0.15) is 6.61 Å². The predicted molar refractivity (Wildman–Crippen MR) is 135 cm³/mol. The highest BCUT2D eigenvalue weighted by Gasteiger charge is 2.55. The van der Waals surface area contributed by atoms with Crippen LogP contribution in [0.4, 0.5) is 4.79 Å². The molecule has 4 nitrogen and oxygen atoms in total. The van der Waals surface area contributed by atoms with E-state index in [1.54, 1.807) is 0 Å². The SMILES string of the molecule is O=C(OCc1ccccc1)N1CC2(CC2)C[C@H]1C1=NC=C(c2ccc3cc(Br)ccc3c2)C1. The smallest absolute Gasteiger partial charge is 0.410 e. The Bertz CT molecular complexity index is 1290. The Hall–Kier alpha value is -2.92. The van der Waals surface area contributed by atoms with Gasteiger partial charge in [-0.25, -0.2) is 4.79 Å². The van der Waals surface area contributed by atoms with Gasteiger partial charge in [0.15, 0.2) is 0 Å². The maximum atomic E-state index is 13.1. The predicted octanol–water partition coefficient (Wildman–Crippen LogP) is 6.98. The summed E-state index contributed by atoms with van der Waals surface area (Å²) in [5.74, 6) is 0. The highest BCUT2D eigenvalue weighted by molar-refractivity contribution is 9.10. The zero-order valence-corrected chi connectivity index (χ0v) is 19.9. The maximum Gasteiger partial charge on any atom is 0.410 e. The molecule has 5 heteroatoms. The fraction of sp³-hybridized carbons (Fsp3) is 0.286. The topological polar surface area (TPSA) is 41.9 Å². The van der Waals surface area contributed by atoms with Crippen LogP contribution in [-0.4, -0.2) is 29.3 Å². The first-order chi connectivity index (χ1) is 16.1. The minimum absolute atomic E-state index is 0.0286. The number of allylic oxidation sites excluding steroid dienone is 1. The summed E-state index contributed by atoms with van der Waals surface area (Å²) in [5, 5.41) is 2.43. The van der Waals surface area contributed by atoms with Gasteiger partial charge in [0, 0.05) is 29.3 Å². The van der Waals surface area contributed by atoms with Crippen molar-refractivity contribution in [1.82, 2.24) is 4.90 Å². The fourth-order valence-electron chi connectivity index (χ4n) is 5.13. The van der Waals surface area contributed by atoms with Gasteiger partial charge in [-0.1, -0.05) is 64.5 Å². The molecule has 0 unspecified atom stereocenters. The van der Waals surface area contributed by atoms with E-state index in [2.05, 4.69) is 52.3 Å². The molecular weight excluding hydrogens is 476 g/mol. The van der Waals surface area contributed by atoms with Crippen molar-refractivity contribution < 1.29 is 9.53 Å². The number of aliphatic imine (C=N–C) groups is 1. The minimum Gasteiger partial charge on any atom is -0.445 e. The standard InChI is InChI=1S/C28H25BrN2O2/c29-24-9-8-20-12-21(6-7-22(20)13-24)23-14-25(30-16-23)26-15-28(10-11-28)18-31(26)27(32)33-17-19-4-2-1-3-5-19/h1-9,12-13,16,26H,10-11,14-15,17-18H2/t26-/m0/s1. The van der Waals surface area contributed by atoms with Crippen LogP contribution in [0.25, 0.3) is 16.3 Å². The molecule has 1 atom stereocenters. The van der Waals surface area contributed by atoms with Gasteiger partial charge >= 0.3 is 6.09 Å². The lowest BCUT2D eigenvalue weighted by atomic mass is 9.94. The van der Waals surface area contributed by atoms with Gasteiger partial charge in [-0.05, 0) is 70.3 Å². The summed E-state index contributed by atoms with van der Waals surface area (Å²) in [7, 11) is 0. The van der Waals surface area contributed by atoms with Crippen LogP contribution in [0.5, 0.6) is 0 Å². The van der Waals surface area contributed by atoms with Crippen LogP contribution < -0.4 is 0 Å². The van der Waals surface area contributed by atoms with Crippen LogP contribution >= 0.6 is 15.9 Å². The molecule has 1 spiro atoms. The molecule has 3 aromatic rings. The molecule has 0 N–H and O–H groups in total. The second-order valence-electron chi connectivity index (χ2n) is 9.55. The molecule has 0 aromatic heterocycles. The lowest BCUT2D eigenvalue weighted by Gasteiger charge is -2.24. The molecule has 2 heterocycles. The number of carbonyl (C=O) groups is 1. The Balaban J connectivity index is 1.17. The van der Waals surface area contributed by atoms with Gasteiger partial charge in [0.2, 0.25) is 0 Å². The third kappa shape index (κ3) is 4.10. The molecule has 0 bridgehead atoms. The fourth-order valence-corrected chi connectivity index (χ4v) is 5.51. The molecule has 3 aromatic carbocycles. The molecule has 1 saturated heterocycles. The number of halogens is 1. The van der Waals surface area contributed by atoms with Crippen molar-refractivity contribution in [1.29, 1.82) is 0 Å². The first-order valence-corrected chi connectivity index (χ1v) is 12.3. The molecule has 1 saturated carbocycles. The molecule has 6 rings (SSSR count). The third-order valence-electron chi connectivity index (χ3n) is 7.22. The number of hydrogen-bond donors (Lipinski definition) is 0. The molecule has 1 amide bonds. The second kappa shape index (κ2) is 8.14. The van der Waals surface area contributed by atoms with E-state index < -0.39 is 0 Å². The average molecular weight is 501 g/mol. The Morgan fingerprint density at radius 1 is 1.06 bits per heavy atom. The number of hydrogen-bond acceptors (Lipinski definition) is 3. The highest BCUT2D eigenvalue weighted by Crippen LogP contribution is 2.55. The second-order valence-corrected chi connectivity index (χ2v) is 10.5. The summed E-state index contributed by atoms with van der Waals surface area (Å²) < 4.78 is 6.79. The number of ether oxygens (including phenoxy) is 1. The van der Waals surface area contributed by atoms with Crippen LogP contribution in [0, 0.1) is 5.41 Å². The van der Waals surface area contributed by atoms with Crippen molar-refractivity contribution in [2.75, 3.05) is 6.54 Å². The molecule has 1 aliphatic carbocycles. The van der Waals surface area contributed by atoms with Crippen molar-refractivity contribution >= 4 is 44.1 Å². The molecule has 0 radical (unpaired) electrons. The quantitative estimate of drug-likeness (QED) is 0.387. The number of carbonyl (C=O) groups excluding carboxylic acids is 1. The summed E-state index contributed by atoms with van der Waals surface area (Å²) in [4.78, 5) is 19.8. The summed E-state index contributed by atoms with van der Waals surface area (Å²) in [5.41, 5.74) is 4.78. The maximum absolute atomic E-state index is 13.1. The highest BCUT2D eigenvalue weighted by atomic mass is 79.9. The van der Waals surface area contributed by atoms with E-state index in [1.165, 1.54) is 34.8 Å². The van der Waals surface area contributed by atoms with Gasteiger partial charge in [-0.3, -0.25) is 9.89 Å². The Morgan fingerprint density at radius 3 is 2.67 bits per heavy atom. The first-order valence-electron chi connectivity index (χ1n) is 11.5. The summed E-state index contributed by atoms with van der Waals surface area (Å²) in [6.07, 6.45) is 5.94. The monoisotopic (exact) mass is 500 g/mol. The molecule has 2 fully saturated rings. The average Bonchev–Trinajstić information content (AvgIpc) is 3.24. The number of rotatable bonds is 4. The molecule has 2 aliphatic heterocycles. The molecule has 166 valence electrons. The zero-order valence-electron chi connectivity index (χ0n) is 18.3. The van der Waals surface area contributed by atoms with Crippen molar-refractivity contribution in [3.8, 4) is 0 Å². The zero-order chi connectivity index (χ0) is 22.4. The van der Waals surface area contributed by atoms with Crippen LogP contribution in [0.15, 0.2) is 82.4 Å². The number of amides is 1.